The smallest absolute Gasteiger partial charge is 0.289 e. The highest BCUT2D eigenvalue weighted by atomic mass is 16.5. The van der Waals surface area contributed by atoms with E-state index in [1.54, 1.807) is 7.11 Å². The summed E-state index contributed by atoms with van der Waals surface area (Å²) < 4.78 is 5.24. The number of amides is 3. The van der Waals surface area contributed by atoms with Crippen molar-refractivity contribution in [1.82, 2.24) is 25.8 Å². The second-order valence-electron chi connectivity index (χ2n) is 7.74. The van der Waals surface area contributed by atoms with Crippen LogP contribution in [-0.4, -0.2) is 45.5 Å². The van der Waals surface area contributed by atoms with Gasteiger partial charge < -0.3 is 4.74 Å². The number of hydrazone groups is 1. The number of aromatic nitrogens is 2. The zero-order valence-corrected chi connectivity index (χ0v) is 19.0. The Morgan fingerprint density at radius 2 is 1.77 bits per heavy atom. The highest BCUT2D eigenvalue weighted by Gasteiger charge is 2.33. The average Bonchev–Trinajstić information content (AvgIpc) is 3.37. The molecule has 35 heavy (non-hydrogen) atoms. The van der Waals surface area contributed by atoms with Crippen molar-refractivity contribution >= 4 is 23.4 Å². The van der Waals surface area contributed by atoms with Crippen molar-refractivity contribution < 1.29 is 19.1 Å². The Hall–Kier alpha value is -4.60. The van der Waals surface area contributed by atoms with Crippen LogP contribution in [0.25, 0.3) is 0 Å². The van der Waals surface area contributed by atoms with E-state index in [4.69, 9.17) is 4.74 Å². The highest BCUT2D eigenvalue weighted by molar-refractivity contribution is 6.03. The molecule has 1 aromatic heterocycles. The van der Waals surface area contributed by atoms with Gasteiger partial charge in [-0.2, -0.15) is 5.10 Å². The number of methoxy groups -OCH3 is 1. The van der Waals surface area contributed by atoms with Crippen molar-refractivity contribution in [3.8, 4) is 5.75 Å². The predicted molar refractivity (Wildman–Crippen MR) is 127 cm³/mol. The first-order valence-corrected chi connectivity index (χ1v) is 11.0. The maximum Gasteiger partial charge on any atom is 0.289 e. The van der Waals surface area contributed by atoms with Gasteiger partial charge in [0.2, 0.25) is 11.8 Å². The van der Waals surface area contributed by atoms with Gasteiger partial charge in [0.1, 0.15) is 11.4 Å². The third kappa shape index (κ3) is 5.85. The van der Waals surface area contributed by atoms with Gasteiger partial charge >= 0.3 is 0 Å². The molecule has 4 rings (SSSR count). The van der Waals surface area contributed by atoms with E-state index in [-0.39, 0.29) is 30.5 Å². The summed E-state index contributed by atoms with van der Waals surface area (Å²) >= 11 is 0. The standard InChI is InChI=1S/C25H24N6O4/c1-35-19-9-7-18(8-10-19)22-15-20(17-5-3-2-4-6-17)30-31(22)24(33)12-11-23(32)28-29-25(34)21-16-26-13-14-27-21/h2-10,13-14,16,22H,11-12,15H2,1H3,(H,28,32)(H,29,34)/t22-/m0/s1. The van der Waals surface area contributed by atoms with E-state index in [0.717, 1.165) is 16.8 Å². The summed E-state index contributed by atoms with van der Waals surface area (Å²) in [5.74, 6) is -0.696. The van der Waals surface area contributed by atoms with Crippen molar-refractivity contribution in [3.05, 3.63) is 90.0 Å². The number of hydrogen-bond donors (Lipinski definition) is 2. The number of hydrogen-bond acceptors (Lipinski definition) is 7. The van der Waals surface area contributed by atoms with Crippen LogP contribution in [0.15, 0.2) is 78.3 Å². The normalized spacial score (nSPS) is 14.7. The van der Waals surface area contributed by atoms with Crippen molar-refractivity contribution in [2.24, 2.45) is 5.10 Å². The molecule has 2 N–H and O–H groups in total. The SMILES string of the molecule is COc1ccc([C@@H]2CC(c3ccccc3)=NN2C(=O)CCC(=O)NNC(=O)c2cnccn2)cc1. The van der Waals surface area contributed by atoms with Gasteiger partial charge in [0.15, 0.2) is 0 Å². The van der Waals surface area contributed by atoms with Crippen molar-refractivity contribution in [2.45, 2.75) is 25.3 Å². The third-order valence-electron chi connectivity index (χ3n) is 5.45. The molecule has 10 heteroatoms. The van der Waals surface area contributed by atoms with E-state index >= 15 is 0 Å². The predicted octanol–water partition coefficient (Wildman–Crippen LogP) is 2.40. The van der Waals surface area contributed by atoms with Gasteiger partial charge in [-0.1, -0.05) is 42.5 Å². The van der Waals surface area contributed by atoms with Crippen LogP contribution in [0.2, 0.25) is 0 Å². The Morgan fingerprint density at radius 1 is 1.00 bits per heavy atom. The zero-order chi connectivity index (χ0) is 24.6. The van der Waals surface area contributed by atoms with Crippen LogP contribution in [0.4, 0.5) is 0 Å². The highest BCUT2D eigenvalue weighted by Crippen LogP contribution is 2.34. The van der Waals surface area contributed by atoms with Gasteiger partial charge in [-0.05, 0) is 23.3 Å². The Kier molecular flexibility index (Phi) is 7.41. The van der Waals surface area contributed by atoms with Crippen molar-refractivity contribution in [3.63, 3.8) is 0 Å². The fourth-order valence-corrected chi connectivity index (χ4v) is 3.64. The lowest BCUT2D eigenvalue weighted by molar-refractivity contribution is -0.135. The van der Waals surface area contributed by atoms with E-state index in [1.165, 1.54) is 23.6 Å². The number of nitrogens with zero attached hydrogens (tertiary/aromatic N) is 4. The van der Waals surface area contributed by atoms with Gasteiger partial charge in [0.05, 0.1) is 25.1 Å². The summed E-state index contributed by atoms with van der Waals surface area (Å²) in [7, 11) is 1.59. The maximum absolute atomic E-state index is 13.1. The van der Waals surface area contributed by atoms with Gasteiger partial charge in [-0.3, -0.25) is 30.2 Å². The van der Waals surface area contributed by atoms with Gasteiger partial charge in [-0.25, -0.2) is 9.99 Å². The van der Waals surface area contributed by atoms with Crippen LogP contribution in [0.3, 0.4) is 0 Å². The summed E-state index contributed by atoms with van der Waals surface area (Å²) in [5.41, 5.74) is 7.25. The molecule has 1 aliphatic rings. The van der Waals surface area contributed by atoms with Gasteiger partial charge in [-0.15, -0.1) is 0 Å². The molecule has 2 heterocycles. The van der Waals surface area contributed by atoms with Crippen LogP contribution < -0.4 is 15.6 Å². The Morgan fingerprint density at radius 3 is 2.46 bits per heavy atom. The summed E-state index contributed by atoms with van der Waals surface area (Å²) in [6, 6.07) is 16.8. The molecule has 0 aliphatic carbocycles. The third-order valence-corrected chi connectivity index (χ3v) is 5.45. The van der Waals surface area contributed by atoms with E-state index in [1.807, 2.05) is 54.6 Å². The minimum atomic E-state index is -0.603. The molecule has 0 bridgehead atoms. The molecule has 1 aliphatic heterocycles. The first-order chi connectivity index (χ1) is 17.0. The monoisotopic (exact) mass is 472 g/mol. The van der Waals surface area contributed by atoms with Crippen LogP contribution >= 0.6 is 0 Å². The number of benzene rings is 2. The lowest BCUT2D eigenvalue weighted by atomic mass is 9.98. The average molecular weight is 473 g/mol. The topological polar surface area (TPSA) is 126 Å². The Balaban J connectivity index is 1.41. The van der Waals surface area contributed by atoms with E-state index in [9.17, 15) is 14.4 Å². The van der Waals surface area contributed by atoms with Gasteiger partial charge in [0.25, 0.3) is 5.91 Å². The lowest BCUT2D eigenvalue weighted by Crippen LogP contribution is -2.42. The number of carbonyl (C=O) groups excluding carboxylic acids is 3. The molecule has 0 saturated heterocycles. The molecule has 0 radical (unpaired) electrons. The largest absolute Gasteiger partial charge is 0.497 e. The minimum Gasteiger partial charge on any atom is -0.497 e. The molecule has 0 fully saturated rings. The molecule has 0 spiro atoms. The fraction of sp³-hybridized carbons (Fsp3) is 0.200. The molecule has 3 aromatic rings. The molecule has 0 saturated carbocycles. The van der Waals surface area contributed by atoms with Crippen LogP contribution in [0, 0.1) is 0 Å². The van der Waals surface area contributed by atoms with E-state index < -0.39 is 11.8 Å². The summed E-state index contributed by atoms with van der Waals surface area (Å²) in [6.07, 6.45) is 4.42. The maximum atomic E-state index is 13.1. The number of ether oxygens (including phenoxy) is 1. The molecule has 3 amide bonds. The molecular formula is C25H24N6O4. The van der Waals surface area contributed by atoms with Crippen molar-refractivity contribution in [2.75, 3.05) is 7.11 Å². The van der Waals surface area contributed by atoms with E-state index in [0.29, 0.717) is 12.2 Å². The summed E-state index contributed by atoms with van der Waals surface area (Å²) in [4.78, 5) is 45.0. The molecular weight excluding hydrogens is 448 g/mol. The summed E-state index contributed by atoms with van der Waals surface area (Å²) in [5, 5.41) is 6.04. The quantitative estimate of drug-likeness (QED) is 0.509. The zero-order valence-electron chi connectivity index (χ0n) is 19.0. The first-order valence-electron chi connectivity index (χ1n) is 11.0. The van der Waals surface area contributed by atoms with Crippen LogP contribution in [-0.2, 0) is 9.59 Å². The first kappa shape index (κ1) is 23.6. The second kappa shape index (κ2) is 11.0. The number of hydrazine groups is 1. The fourth-order valence-electron chi connectivity index (χ4n) is 3.64. The van der Waals surface area contributed by atoms with Gasteiger partial charge in [0, 0.05) is 31.7 Å². The Labute approximate surface area is 202 Å². The van der Waals surface area contributed by atoms with Crippen LogP contribution in [0.5, 0.6) is 5.75 Å². The molecule has 2 aromatic carbocycles. The molecule has 0 unspecified atom stereocenters. The minimum absolute atomic E-state index is 0.0612. The number of carbonyl (C=O) groups is 3. The number of rotatable bonds is 7. The number of nitrogens with one attached hydrogen (secondary N) is 2. The van der Waals surface area contributed by atoms with Crippen molar-refractivity contribution in [1.29, 1.82) is 0 Å². The second-order valence-corrected chi connectivity index (χ2v) is 7.74. The molecule has 178 valence electrons. The molecule has 1 atom stereocenters. The van der Waals surface area contributed by atoms with E-state index in [2.05, 4.69) is 25.9 Å². The summed E-state index contributed by atoms with van der Waals surface area (Å²) in [6.45, 7) is 0. The Bertz CT molecular complexity index is 1220. The lowest BCUT2D eigenvalue weighted by Gasteiger charge is -2.22. The molecule has 10 nitrogen and oxygen atoms in total. The van der Waals surface area contributed by atoms with Crippen LogP contribution in [0.1, 0.15) is 46.9 Å².